The van der Waals surface area contributed by atoms with E-state index in [1.165, 1.54) is 6.42 Å². The molecule has 4 rings (SSSR count). The van der Waals surface area contributed by atoms with E-state index in [1.807, 2.05) is 47.8 Å². The van der Waals surface area contributed by atoms with Gasteiger partial charge in [0.05, 0.1) is 10.6 Å². The van der Waals surface area contributed by atoms with Crippen LogP contribution in [0.2, 0.25) is 0 Å². The number of aromatic nitrogens is 3. The summed E-state index contributed by atoms with van der Waals surface area (Å²) >= 11 is 1.57. The van der Waals surface area contributed by atoms with Crippen molar-refractivity contribution in [2.24, 2.45) is 0 Å². The number of nitrogens with zero attached hydrogens (tertiary/aromatic N) is 3. The van der Waals surface area contributed by atoms with Gasteiger partial charge in [0, 0.05) is 0 Å². The van der Waals surface area contributed by atoms with Gasteiger partial charge in [0.25, 0.3) is 5.82 Å². The van der Waals surface area contributed by atoms with Crippen LogP contribution in [-0.4, -0.2) is 26.8 Å². The van der Waals surface area contributed by atoms with Crippen molar-refractivity contribution in [3.63, 3.8) is 0 Å². The fourth-order valence-electron chi connectivity index (χ4n) is 3.10. The van der Waals surface area contributed by atoms with Crippen LogP contribution < -0.4 is 0 Å². The molecule has 3 aromatic rings. The van der Waals surface area contributed by atoms with E-state index in [4.69, 9.17) is 4.74 Å². The molecule has 0 atom stereocenters. The van der Waals surface area contributed by atoms with Crippen LogP contribution in [0.4, 0.5) is 0 Å². The van der Waals surface area contributed by atoms with Crippen molar-refractivity contribution in [3.05, 3.63) is 53.7 Å². The first-order chi connectivity index (χ1) is 12.3. The average molecular weight is 353 g/mol. The number of para-hydroxylation sites is 1. The van der Waals surface area contributed by atoms with Crippen LogP contribution in [0.1, 0.15) is 42.7 Å². The molecule has 5 nitrogen and oxygen atoms in total. The third-order valence-electron chi connectivity index (χ3n) is 4.36. The molecule has 128 valence electrons. The Morgan fingerprint density at radius 2 is 1.88 bits per heavy atom. The van der Waals surface area contributed by atoms with Crippen LogP contribution in [0.25, 0.3) is 16.4 Å². The van der Waals surface area contributed by atoms with E-state index in [9.17, 15) is 4.79 Å². The van der Waals surface area contributed by atoms with Gasteiger partial charge in [-0.25, -0.2) is 9.48 Å². The van der Waals surface area contributed by atoms with Crippen molar-refractivity contribution in [1.29, 1.82) is 0 Å². The molecule has 0 bridgehead atoms. The quantitative estimate of drug-likeness (QED) is 0.649. The Kier molecular flexibility index (Phi) is 4.61. The van der Waals surface area contributed by atoms with E-state index in [0.717, 1.165) is 36.2 Å². The molecule has 0 N–H and O–H groups in total. The van der Waals surface area contributed by atoms with Gasteiger partial charge < -0.3 is 4.74 Å². The Hall–Kier alpha value is -2.47. The molecular weight excluding hydrogens is 334 g/mol. The van der Waals surface area contributed by atoms with Gasteiger partial charge >= 0.3 is 5.97 Å². The number of esters is 1. The summed E-state index contributed by atoms with van der Waals surface area (Å²) < 4.78 is 7.34. The average Bonchev–Trinajstić information content (AvgIpc) is 3.33. The molecule has 0 spiro atoms. The monoisotopic (exact) mass is 353 g/mol. The second-order valence-electron chi connectivity index (χ2n) is 6.15. The van der Waals surface area contributed by atoms with Gasteiger partial charge in [-0.15, -0.1) is 16.4 Å². The number of hydrogen-bond acceptors (Lipinski definition) is 5. The Morgan fingerprint density at radius 1 is 1.08 bits per heavy atom. The lowest BCUT2D eigenvalue weighted by molar-refractivity contribution is 0.0197. The minimum atomic E-state index is -0.431. The van der Waals surface area contributed by atoms with E-state index in [2.05, 4.69) is 10.1 Å². The summed E-state index contributed by atoms with van der Waals surface area (Å²) in [6.45, 7) is 0. The molecule has 1 aliphatic rings. The molecule has 2 aromatic heterocycles. The maximum Gasteiger partial charge on any atom is 0.378 e. The molecule has 1 aromatic carbocycles. The second-order valence-corrected chi connectivity index (χ2v) is 7.10. The van der Waals surface area contributed by atoms with Crippen LogP contribution in [0.3, 0.4) is 0 Å². The Balaban J connectivity index is 1.66. The molecule has 1 fully saturated rings. The van der Waals surface area contributed by atoms with Gasteiger partial charge in [-0.3, -0.25) is 0 Å². The zero-order chi connectivity index (χ0) is 17.1. The minimum absolute atomic E-state index is 0.00452. The van der Waals surface area contributed by atoms with Crippen LogP contribution >= 0.6 is 11.3 Å². The van der Waals surface area contributed by atoms with Crippen LogP contribution in [0.15, 0.2) is 47.8 Å². The van der Waals surface area contributed by atoms with Crippen molar-refractivity contribution in [2.75, 3.05) is 0 Å². The Labute approximate surface area is 150 Å². The molecular formula is C19H19N3O2S. The topological polar surface area (TPSA) is 57.0 Å². The number of hydrogen-bond donors (Lipinski definition) is 0. The highest BCUT2D eigenvalue weighted by Gasteiger charge is 2.24. The number of thiophene rings is 1. The third-order valence-corrected chi connectivity index (χ3v) is 5.22. The van der Waals surface area contributed by atoms with Gasteiger partial charge in [-0.2, -0.15) is 4.98 Å². The maximum absolute atomic E-state index is 12.5. The molecule has 0 saturated heterocycles. The lowest BCUT2D eigenvalue weighted by Gasteiger charge is -2.20. The van der Waals surface area contributed by atoms with Crippen molar-refractivity contribution < 1.29 is 9.53 Å². The molecule has 1 aliphatic carbocycles. The number of carbonyl (C=O) groups excluding carboxylic acids is 1. The fourth-order valence-corrected chi connectivity index (χ4v) is 3.80. The summed E-state index contributed by atoms with van der Waals surface area (Å²) in [7, 11) is 0. The molecule has 2 heterocycles. The maximum atomic E-state index is 12.5. The number of benzene rings is 1. The predicted octanol–water partition coefficient (Wildman–Crippen LogP) is 4.49. The van der Waals surface area contributed by atoms with E-state index in [0.29, 0.717) is 5.82 Å². The lowest BCUT2D eigenvalue weighted by atomic mass is 9.98. The number of ether oxygens (including phenoxy) is 1. The summed E-state index contributed by atoms with van der Waals surface area (Å²) in [4.78, 5) is 18.0. The third kappa shape index (κ3) is 3.49. The second kappa shape index (κ2) is 7.19. The predicted molar refractivity (Wildman–Crippen MR) is 97.0 cm³/mol. The van der Waals surface area contributed by atoms with Crippen molar-refractivity contribution in [1.82, 2.24) is 14.8 Å². The van der Waals surface area contributed by atoms with Crippen LogP contribution in [-0.2, 0) is 4.74 Å². The van der Waals surface area contributed by atoms with Gasteiger partial charge in [0.15, 0.2) is 5.82 Å². The lowest BCUT2D eigenvalue weighted by Crippen LogP contribution is -2.21. The fraction of sp³-hybridized carbons (Fsp3) is 0.316. The van der Waals surface area contributed by atoms with E-state index >= 15 is 0 Å². The van der Waals surface area contributed by atoms with E-state index in [1.54, 1.807) is 16.0 Å². The summed E-state index contributed by atoms with van der Waals surface area (Å²) in [6.07, 6.45) is 5.31. The molecule has 1 saturated carbocycles. The minimum Gasteiger partial charge on any atom is -0.456 e. The number of rotatable bonds is 4. The van der Waals surface area contributed by atoms with Gasteiger partial charge in [-0.1, -0.05) is 30.7 Å². The van der Waals surface area contributed by atoms with Crippen molar-refractivity contribution in [2.45, 2.75) is 38.2 Å². The SMILES string of the molecule is O=C(OC1CCCCC1)c1nc(-c2cccs2)n(-c2ccccc2)n1. The molecule has 6 heteroatoms. The van der Waals surface area contributed by atoms with E-state index in [-0.39, 0.29) is 11.9 Å². The zero-order valence-corrected chi connectivity index (χ0v) is 14.6. The molecule has 0 aliphatic heterocycles. The summed E-state index contributed by atoms with van der Waals surface area (Å²) in [5, 5.41) is 6.43. The van der Waals surface area contributed by atoms with E-state index < -0.39 is 5.97 Å². The Morgan fingerprint density at radius 3 is 2.60 bits per heavy atom. The van der Waals surface area contributed by atoms with Crippen LogP contribution in [0.5, 0.6) is 0 Å². The van der Waals surface area contributed by atoms with Crippen molar-refractivity contribution >= 4 is 17.3 Å². The highest BCUT2D eigenvalue weighted by atomic mass is 32.1. The Bertz CT molecular complexity index is 837. The molecule has 25 heavy (non-hydrogen) atoms. The standard InChI is InChI=1S/C19H19N3O2S/c23-19(24-15-10-5-2-6-11-15)17-20-18(16-12-7-13-25-16)22(21-17)14-8-3-1-4-9-14/h1,3-4,7-9,12-13,15H,2,5-6,10-11H2. The van der Waals surface area contributed by atoms with Gasteiger partial charge in [-0.05, 0) is 49.3 Å². The first-order valence-corrected chi connectivity index (χ1v) is 9.46. The first-order valence-electron chi connectivity index (χ1n) is 8.58. The summed E-state index contributed by atoms with van der Waals surface area (Å²) in [5.41, 5.74) is 0.870. The normalized spacial score (nSPS) is 15.2. The largest absolute Gasteiger partial charge is 0.456 e. The smallest absolute Gasteiger partial charge is 0.378 e. The first kappa shape index (κ1) is 16.0. The molecule has 0 amide bonds. The highest BCUT2D eigenvalue weighted by Crippen LogP contribution is 2.26. The molecule has 0 unspecified atom stereocenters. The summed E-state index contributed by atoms with van der Waals surface area (Å²) in [6, 6.07) is 13.7. The zero-order valence-electron chi connectivity index (χ0n) is 13.8. The summed E-state index contributed by atoms with van der Waals surface area (Å²) in [5.74, 6) is 0.356. The van der Waals surface area contributed by atoms with Gasteiger partial charge in [0.2, 0.25) is 0 Å². The van der Waals surface area contributed by atoms with Gasteiger partial charge in [0.1, 0.15) is 6.10 Å². The number of carbonyl (C=O) groups is 1. The van der Waals surface area contributed by atoms with Crippen LogP contribution in [0, 0.1) is 0 Å². The molecule has 0 radical (unpaired) electrons. The van der Waals surface area contributed by atoms with Crippen molar-refractivity contribution in [3.8, 4) is 16.4 Å². The highest BCUT2D eigenvalue weighted by molar-refractivity contribution is 7.13.